The van der Waals surface area contributed by atoms with Crippen molar-refractivity contribution in [2.24, 2.45) is 0 Å². The van der Waals surface area contributed by atoms with Crippen molar-refractivity contribution in [2.45, 2.75) is 109 Å². The van der Waals surface area contributed by atoms with Gasteiger partial charge in [-0.3, -0.25) is 9.35 Å². The van der Waals surface area contributed by atoms with Gasteiger partial charge in [-0.15, -0.1) is 0 Å². The molecule has 1 atom stereocenters. The molecule has 24 heavy (non-hydrogen) atoms. The maximum atomic E-state index is 11.1. The second kappa shape index (κ2) is 14.7. The molecule has 0 aromatic heterocycles. The molecule has 1 N–H and O–H groups in total. The van der Waals surface area contributed by atoms with E-state index in [2.05, 4.69) is 11.7 Å². The van der Waals surface area contributed by atoms with E-state index in [-0.39, 0.29) is 6.42 Å². The van der Waals surface area contributed by atoms with Crippen LogP contribution in [0.25, 0.3) is 0 Å². The van der Waals surface area contributed by atoms with E-state index in [0.717, 1.165) is 26.2 Å². The number of carbonyl (C=O) groups is 1. The summed E-state index contributed by atoms with van der Waals surface area (Å²) >= 11 is 0. The zero-order chi connectivity index (χ0) is 18.3. The quantitative estimate of drug-likeness (QED) is 0.230. The van der Waals surface area contributed by atoms with E-state index in [4.69, 9.17) is 4.55 Å². The first-order chi connectivity index (χ1) is 11.4. The van der Waals surface area contributed by atoms with Crippen LogP contribution in [0.2, 0.25) is 0 Å². The average Bonchev–Trinajstić information content (AvgIpc) is 2.49. The smallest absolute Gasteiger partial charge is 0.304 e. The monoisotopic (exact) mass is 364 g/mol. The summed E-state index contributed by atoms with van der Waals surface area (Å²) in [5.74, 6) is -0.688. The molecule has 0 aliphatic carbocycles. The molecule has 5 nitrogen and oxygen atoms in total. The molecule has 0 aromatic carbocycles. The molecule has 1 unspecified atom stereocenters. The van der Waals surface area contributed by atoms with E-state index >= 15 is 0 Å². The topological polar surface area (TPSA) is 80.7 Å². The van der Waals surface area contributed by atoms with Crippen LogP contribution in [0.5, 0.6) is 0 Å². The molecule has 0 amide bonds. The maximum absolute atomic E-state index is 11.1. The van der Waals surface area contributed by atoms with Crippen LogP contribution < -0.4 is 0 Å². The van der Waals surface area contributed by atoms with Crippen LogP contribution in [-0.2, 0) is 19.6 Å². The van der Waals surface area contributed by atoms with Gasteiger partial charge in [0.15, 0.2) is 0 Å². The zero-order valence-electron chi connectivity index (χ0n) is 15.5. The normalized spacial score (nSPS) is 13.0. The van der Waals surface area contributed by atoms with Crippen molar-refractivity contribution in [1.82, 2.24) is 0 Å². The Morgan fingerprint density at radius 2 is 1.21 bits per heavy atom. The van der Waals surface area contributed by atoms with Gasteiger partial charge in [0, 0.05) is 13.3 Å². The molecule has 0 aromatic rings. The first-order valence-electron chi connectivity index (χ1n) is 9.51. The van der Waals surface area contributed by atoms with Gasteiger partial charge < -0.3 is 4.74 Å². The van der Waals surface area contributed by atoms with Crippen molar-refractivity contribution >= 4 is 16.1 Å². The van der Waals surface area contributed by atoms with Gasteiger partial charge in [0.25, 0.3) is 0 Å². The molecule has 0 heterocycles. The van der Waals surface area contributed by atoms with E-state index in [1.165, 1.54) is 57.8 Å². The number of hydrogen-bond donors (Lipinski definition) is 1. The van der Waals surface area contributed by atoms with Crippen molar-refractivity contribution in [2.75, 3.05) is 0 Å². The Labute approximate surface area is 148 Å². The van der Waals surface area contributed by atoms with E-state index < -0.39 is 21.5 Å². The Kier molecular flexibility index (Phi) is 14.3. The summed E-state index contributed by atoms with van der Waals surface area (Å²) in [7, 11) is -4.32. The molecule has 0 spiro atoms. The summed E-state index contributed by atoms with van der Waals surface area (Å²) < 4.78 is 35.8. The second-order valence-corrected chi connectivity index (χ2v) is 8.14. The Morgan fingerprint density at radius 3 is 1.54 bits per heavy atom. The summed E-state index contributed by atoms with van der Waals surface area (Å²) in [6, 6.07) is 0. The molecule has 0 bridgehead atoms. The third kappa shape index (κ3) is 14.9. The van der Waals surface area contributed by atoms with Gasteiger partial charge in [0.05, 0.1) is 0 Å². The highest BCUT2D eigenvalue weighted by Gasteiger charge is 2.25. The summed E-state index contributed by atoms with van der Waals surface area (Å²) in [5, 5.41) is 0. The molecule has 0 saturated heterocycles. The number of rotatable bonds is 16. The van der Waals surface area contributed by atoms with Crippen molar-refractivity contribution in [3.8, 4) is 0 Å². The first-order valence-corrected chi connectivity index (χ1v) is 11.0. The predicted octanol–water partition coefficient (Wildman–Crippen LogP) is 5.24. The van der Waals surface area contributed by atoms with Gasteiger partial charge in [-0.1, -0.05) is 84.0 Å². The van der Waals surface area contributed by atoms with Crippen LogP contribution in [0, 0.1) is 0 Å². The zero-order valence-corrected chi connectivity index (χ0v) is 16.3. The highest BCUT2D eigenvalue weighted by molar-refractivity contribution is 7.86. The second-order valence-electron chi connectivity index (χ2n) is 6.59. The molecule has 0 saturated carbocycles. The summed E-state index contributed by atoms with van der Waals surface area (Å²) in [6.45, 7) is 3.38. The Balaban J connectivity index is 3.48. The van der Waals surface area contributed by atoms with E-state index in [0.29, 0.717) is 6.42 Å². The average molecular weight is 365 g/mol. The lowest BCUT2D eigenvalue weighted by atomic mass is 10.0. The van der Waals surface area contributed by atoms with Crippen molar-refractivity contribution in [3.05, 3.63) is 0 Å². The number of carbonyl (C=O) groups excluding carboxylic acids is 1. The minimum Gasteiger partial charge on any atom is -0.444 e. The summed E-state index contributed by atoms with van der Waals surface area (Å²) in [6.07, 6.45) is 15.8. The Morgan fingerprint density at radius 1 is 0.833 bits per heavy atom. The number of ether oxygens (including phenoxy) is 1. The molecule has 6 heteroatoms. The van der Waals surface area contributed by atoms with Crippen LogP contribution in [0.15, 0.2) is 0 Å². The lowest BCUT2D eigenvalue weighted by Crippen LogP contribution is -2.25. The lowest BCUT2D eigenvalue weighted by Gasteiger charge is -2.13. The molecule has 0 aliphatic rings. The van der Waals surface area contributed by atoms with Crippen molar-refractivity contribution in [3.63, 3.8) is 0 Å². The summed E-state index contributed by atoms with van der Waals surface area (Å²) in [4.78, 5) is 10.8. The SMILES string of the molecule is CCCCCCCCCCCCCCCC(OC(C)=O)S(=O)(=O)O. The van der Waals surface area contributed by atoms with Crippen LogP contribution in [0.4, 0.5) is 0 Å². The highest BCUT2D eigenvalue weighted by atomic mass is 32.2. The van der Waals surface area contributed by atoms with Gasteiger partial charge in [0.1, 0.15) is 0 Å². The number of esters is 1. The molecular formula is C18H36O5S. The van der Waals surface area contributed by atoms with Crippen molar-refractivity contribution < 1.29 is 22.5 Å². The minimum atomic E-state index is -4.32. The Bertz CT molecular complexity index is 406. The number of unbranched alkanes of at least 4 members (excludes halogenated alkanes) is 12. The third-order valence-corrected chi connectivity index (χ3v) is 5.17. The number of hydrogen-bond acceptors (Lipinski definition) is 4. The minimum absolute atomic E-state index is 0.163. The standard InChI is InChI=1S/C18H36O5S/c1-3-4-5-6-7-8-9-10-11-12-13-14-15-16-18(23-17(2)19)24(20,21)22/h18H,3-16H2,1-2H3,(H,20,21,22). The van der Waals surface area contributed by atoms with Gasteiger partial charge in [-0.05, 0) is 6.42 Å². The molecule has 0 aliphatic heterocycles. The Hall–Kier alpha value is -0.620. The first kappa shape index (κ1) is 23.4. The van der Waals surface area contributed by atoms with E-state index in [1.54, 1.807) is 0 Å². The largest absolute Gasteiger partial charge is 0.444 e. The van der Waals surface area contributed by atoms with E-state index in [9.17, 15) is 13.2 Å². The van der Waals surface area contributed by atoms with Crippen LogP contribution in [0.3, 0.4) is 0 Å². The van der Waals surface area contributed by atoms with Gasteiger partial charge in [-0.25, -0.2) is 0 Å². The molecule has 0 fully saturated rings. The fourth-order valence-corrected chi connectivity index (χ4v) is 3.50. The van der Waals surface area contributed by atoms with Gasteiger partial charge in [0.2, 0.25) is 5.44 Å². The van der Waals surface area contributed by atoms with Crippen molar-refractivity contribution in [1.29, 1.82) is 0 Å². The van der Waals surface area contributed by atoms with Gasteiger partial charge >= 0.3 is 16.1 Å². The predicted molar refractivity (Wildman–Crippen MR) is 97.4 cm³/mol. The van der Waals surface area contributed by atoms with Crippen LogP contribution in [-0.4, -0.2) is 24.4 Å². The fourth-order valence-electron chi connectivity index (χ4n) is 2.78. The van der Waals surface area contributed by atoms with E-state index in [1.807, 2.05) is 0 Å². The van der Waals surface area contributed by atoms with Gasteiger partial charge in [-0.2, -0.15) is 8.42 Å². The summed E-state index contributed by atoms with van der Waals surface area (Å²) in [5.41, 5.74) is -1.41. The molecular weight excluding hydrogens is 328 g/mol. The van der Waals surface area contributed by atoms with Crippen LogP contribution in [0.1, 0.15) is 104 Å². The third-order valence-electron chi connectivity index (χ3n) is 4.17. The lowest BCUT2D eigenvalue weighted by molar-refractivity contribution is -0.143. The maximum Gasteiger partial charge on any atom is 0.304 e. The highest BCUT2D eigenvalue weighted by Crippen LogP contribution is 2.15. The molecule has 0 rings (SSSR count). The molecule has 0 radical (unpaired) electrons. The fraction of sp³-hybridized carbons (Fsp3) is 0.944. The molecule has 144 valence electrons. The van der Waals surface area contributed by atoms with Crippen LogP contribution >= 0.6 is 0 Å².